The Bertz CT molecular complexity index is 1800. The fraction of sp³-hybridized carbons (Fsp3) is 0.524. The molecule has 2 aromatic heterocycles. The van der Waals surface area contributed by atoms with Gasteiger partial charge in [0.05, 0.1) is 23.5 Å². The van der Waals surface area contributed by atoms with Gasteiger partial charge in [0, 0.05) is 47.4 Å². The van der Waals surface area contributed by atoms with E-state index in [1.807, 2.05) is 51.3 Å². The van der Waals surface area contributed by atoms with Gasteiger partial charge in [-0.1, -0.05) is 48.5 Å². The monoisotopic (exact) mass is 704 g/mol. The molecule has 2 saturated heterocycles. The Morgan fingerprint density at radius 3 is 1.25 bits per heavy atom. The fourth-order valence-corrected chi connectivity index (χ4v) is 7.72. The molecule has 274 valence electrons. The summed E-state index contributed by atoms with van der Waals surface area (Å²) in [5, 5.41) is 0. The molecule has 0 spiro atoms. The zero-order valence-electron chi connectivity index (χ0n) is 31.4. The molecular formula is C42H52N6O4. The smallest absolute Gasteiger partial charge is 0.410 e. The summed E-state index contributed by atoms with van der Waals surface area (Å²) in [5.74, 6) is 2.68. The molecule has 4 fully saturated rings. The number of hydrogen-bond acceptors (Lipinski definition) is 6. The fourth-order valence-electron chi connectivity index (χ4n) is 7.72. The lowest BCUT2D eigenvalue weighted by molar-refractivity contribution is 0.0208. The van der Waals surface area contributed by atoms with Crippen LogP contribution in [-0.4, -0.2) is 66.2 Å². The van der Waals surface area contributed by atoms with Crippen molar-refractivity contribution in [2.45, 2.75) is 128 Å². The second-order valence-electron chi connectivity index (χ2n) is 17.1. The van der Waals surface area contributed by atoms with Gasteiger partial charge in [-0.25, -0.2) is 19.6 Å². The number of carbonyl (C=O) groups excluding carboxylic acids is 2. The number of benzene rings is 2. The Balaban J connectivity index is 1.01. The van der Waals surface area contributed by atoms with Gasteiger partial charge >= 0.3 is 12.2 Å². The van der Waals surface area contributed by atoms with Crippen LogP contribution < -0.4 is 0 Å². The Hall–Kier alpha value is -4.60. The third kappa shape index (κ3) is 7.21. The molecule has 2 saturated carbocycles. The molecule has 4 heterocycles. The topological polar surface area (TPSA) is 116 Å². The molecule has 2 aromatic carbocycles. The summed E-state index contributed by atoms with van der Waals surface area (Å²) in [7, 11) is 0. The number of aromatic nitrogens is 4. The number of nitrogens with zero attached hydrogens (tertiary/aromatic N) is 4. The maximum Gasteiger partial charge on any atom is 0.410 e. The van der Waals surface area contributed by atoms with Crippen LogP contribution in [0.5, 0.6) is 0 Å². The van der Waals surface area contributed by atoms with E-state index in [0.29, 0.717) is 24.9 Å². The number of H-pyrrole nitrogens is 2. The number of likely N-dealkylation sites (tertiary alicyclic amines) is 2. The average Bonchev–Trinajstić information content (AvgIpc) is 3.86. The Kier molecular flexibility index (Phi) is 8.70. The van der Waals surface area contributed by atoms with Gasteiger partial charge < -0.3 is 19.4 Å². The molecule has 10 nitrogen and oxygen atoms in total. The summed E-state index contributed by atoms with van der Waals surface area (Å²) in [6.07, 6.45) is 7.69. The van der Waals surface area contributed by atoms with E-state index in [1.54, 1.807) is 0 Å². The number of ether oxygens (including phenoxy) is 2. The van der Waals surface area contributed by atoms with Gasteiger partial charge in [-0.3, -0.25) is 9.80 Å². The lowest BCUT2D eigenvalue weighted by atomic mass is 9.99. The van der Waals surface area contributed by atoms with Crippen molar-refractivity contribution in [3.8, 4) is 33.6 Å². The van der Waals surface area contributed by atoms with Crippen LogP contribution in [0.3, 0.4) is 0 Å². The largest absolute Gasteiger partial charge is 0.444 e. The highest BCUT2D eigenvalue weighted by Crippen LogP contribution is 2.46. The van der Waals surface area contributed by atoms with Gasteiger partial charge in [-0.05, 0) is 104 Å². The van der Waals surface area contributed by atoms with Gasteiger partial charge in [-0.2, -0.15) is 0 Å². The second-order valence-corrected chi connectivity index (χ2v) is 17.1. The molecule has 2 N–H and O–H groups in total. The van der Waals surface area contributed by atoms with Crippen LogP contribution in [0.1, 0.15) is 140 Å². The predicted octanol–water partition coefficient (Wildman–Crippen LogP) is 10.0. The van der Waals surface area contributed by atoms with Crippen LogP contribution in [-0.2, 0) is 9.47 Å². The zero-order chi connectivity index (χ0) is 36.4. The van der Waals surface area contributed by atoms with Crippen molar-refractivity contribution in [1.29, 1.82) is 0 Å². The molecule has 2 aliphatic heterocycles. The molecule has 4 aromatic rings. The van der Waals surface area contributed by atoms with E-state index < -0.39 is 11.2 Å². The van der Waals surface area contributed by atoms with Crippen molar-refractivity contribution < 1.29 is 19.1 Å². The van der Waals surface area contributed by atoms with Crippen molar-refractivity contribution >= 4 is 12.2 Å². The van der Waals surface area contributed by atoms with Crippen molar-refractivity contribution in [2.75, 3.05) is 13.1 Å². The van der Waals surface area contributed by atoms with Crippen LogP contribution in [0.25, 0.3) is 33.6 Å². The molecule has 2 amide bonds. The van der Waals surface area contributed by atoms with Crippen LogP contribution in [0.4, 0.5) is 9.59 Å². The quantitative estimate of drug-likeness (QED) is 0.198. The first kappa shape index (κ1) is 34.5. The van der Waals surface area contributed by atoms with E-state index in [-0.39, 0.29) is 24.3 Å². The first-order chi connectivity index (χ1) is 24.8. The minimum absolute atomic E-state index is 0.105. The van der Waals surface area contributed by atoms with Gasteiger partial charge in [0.15, 0.2) is 0 Å². The maximum absolute atomic E-state index is 13.0. The third-order valence-electron chi connectivity index (χ3n) is 10.5. The predicted molar refractivity (Wildman–Crippen MR) is 201 cm³/mol. The number of imidazole rings is 2. The molecule has 2 aliphatic carbocycles. The maximum atomic E-state index is 13.0. The second kappa shape index (κ2) is 13.1. The summed E-state index contributed by atoms with van der Waals surface area (Å²) < 4.78 is 11.5. The van der Waals surface area contributed by atoms with Gasteiger partial charge in [-0.15, -0.1) is 0 Å². The standard InChI is InChI=1S/C42H52N6O4/c1-41(2,3)51-39(49)47-23-7-9-31(47)37-43-33(35(45-37)29-19-20-29)27-15-11-25(12-16-27)26-13-17-28(18-14-26)34-36(30-21-22-30)46-38(44-34)32-10-8-24-48(32)40(50)52-42(4,5)6/h11-18,29-32H,7-10,19-24H2,1-6H3,(H,43,45)(H,44,46)/t31-,32-/m0/s1. The lowest BCUT2D eigenvalue weighted by Gasteiger charge is -2.27. The zero-order valence-corrected chi connectivity index (χ0v) is 31.4. The summed E-state index contributed by atoms with van der Waals surface area (Å²) in [4.78, 5) is 47.4. The first-order valence-corrected chi connectivity index (χ1v) is 19.2. The minimum atomic E-state index is -0.538. The van der Waals surface area contributed by atoms with Crippen molar-refractivity contribution in [2.24, 2.45) is 0 Å². The minimum Gasteiger partial charge on any atom is -0.444 e. The number of rotatable bonds is 7. The first-order valence-electron chi connectivity index (χ1n) is 19.2. The van der Waals surface area contributed by atoms with Crippen molar-refractivity contribution in [3.05, 3.63) is 71.6 Å². The number of hydrogen-bond donors (Lipinski definition) is 2. The van der Waals surface area contributed by atoms with E-state index >= 15 is 0 Å². The lowest BCUT2D eigenvalue weighted by Crippen LogP contribution is -2.36. The summed E-state index contributed by atoms with van der Waals surface area (Å²) in [6.45, 7) is 12.8. The van der Waals surface area contributed by atoms with E-state index in [2.05, 4.69) is 58.5 Å². The summed E-state index contributed by atoms with van der Waals surface area (Å²) >= 11 is 0. The molecule has 10 heteroatoms. The van der Waals surface area contributed by atoms with E-state index in [4.69, 9.17) is 19.4 Å². The highest BCUT2D eigenvalue weighted by atomic mass is 16.6. The van der Waals surface area contributed by atoms with E-state index in [0.717, 1.165) is 96.7 Å². The molecule has 8 rings (SSSR count). The average molecular weight is 705 g/mol. The van der Waals surface area contributed by atoms with Gasteiger partial charge in [0.25, 0.3) is 0 Å². The van der Waals surface area contributed by atoms with Crippen LogP contribution >= 0.6 is 0 Å². The Morgan fingerprint density at radius 2 is 0.923 bits per heavy atom. The van der Waals surface area contributed by atoms with Gasteiger partial charge in [0.2, 0.25) is 0 Å². The highest BCUT2D eigenvalue weighted by molar-refractivity contribution is 5.74. The molecule has 0 bridgehead atoms. The van der Waals surface area contributed by atoms with E-state index in [9.17, 15) is 9.59 Å². The van der Waals surface area contributed by atoms with Gasteiger partial charge in [0.1, 0.15) is 22.9 Å². The molecule has 52 heavy (non-hydrogen) atoms. The molecule has 4 aliphatic rings. The molecule has 2 atom stereocenters. The molecular weight excluding hydrogens is 652 g/mol. The summed E-state index contributed by atoms with van der Waals surface area (Å²) in [6, 6.07) is 17.1. The SMILES string of the molecule is CC(C)(C)OC(=O)N1CCC[C@H]1c1nc(-c2ccc(-c3ccc(-c4nc([C@@H]5CCCN5C(=O)OC(C)(C)C)[nH]c4C4CC4)cc3)cc2)c(C2CC2)[nH]1. The van der Waals surface area contributed by atoms with Crippen molar-refractivity contribution in [1.82, 2.24) is 29.7 Å². The van der Waals surface area contributed by atoms with Crippen LogP contribution in [0, 0.1) is 0 Å². The molecule has 0 unspecified atom stereocenters. The number of aromatic amines is 2. The highest BCUT2D eigenvalue weighted by Gasteiger charge is 2.39. The van der Waals surface area contributed by atoms with E-state index in [1.165, 1.54) is 11.4 Å². The Labute approximate surface area is 306 Å². The number of carbonyl (C=O) groups is 2. The van der Waals surface area contributed by atoms with Crippen LogP contribution in [0.15, 0.2) is 48.5 Å². The Morgan fingerprint density at radius 1 is 0.577 bits per heavy atom. The third-order valence-corrected chi connectivity index (χ3v) is 10.5. The summed E-state index contributed by atoms with van der Waals surface area (Å²) in [5.41, 5.74) is 7.70. The number of amides is 2. The van der Waals surface area contributed by atoms with Crippen LogP contribution in [0.2, 0.25) is 0 Å². The molecule has 0 radical (unpaired) electrons. The van der Waals surface area contributed by atoms with Crippen molar-refractivity contribution in [3.63, 3.8) is 0 Å². The number of nitrogens with one attached hydrogen (secondary N) is 2. The normalized spacial score (nSPS) is 20.8.